The summed E-state index contributed by atoms with van der Waals surface area (Å²) in [6, 6.07) is 5.11. The van der Waals surface area contributed by atoms with Crippen molar-refractivity contribution in [3.8, 4) is 11.5 Å². The number of sulfonamides is 1. The lowest BCUT2D eigenvalue weighted by Gasteiger charge is -2.24. The van der Waals surface area contributed by atoms with Crippen LogP contribution < -0.4 is 19.1 Å². The minimum Gasteiger partial charge on any atom is -0.497 e. The molecule has 7 nitrogen and oxygen atoms in total. The van der Waals surface area contributed by atoms with E-state index in [0.717, 1.165) is 0 Å². The van der Waals surface area contributed by atoms with Gasteiger partial charge in [-0.15, -0.1) is 0 Å². The molecule has 0 atom stereocenters. The zero-order valence-corrected chi connectivity index (χ0v) is 14.8. The van der Waals surface area contributed by atoms with Gasteiger partial charge in [0.1, 0.15) is 11.5 Å². The van der Waals surface area contributed by atoms with E-state index in [1.54, 1.807) is 25.1 Å². The number of nitrogens with zero attached hydrogens (tertiary/aromatic N) is 1. The molecular weight excluding hydrogens is 320 g/mol. The maximum atomic E-state index is 11.9. The Balaban J connectivity index is 2.93. The van der Waals surface area contributed by atoms with Gasteiger partial charge < -0.3 is 14.4 Å². The third-order valence-electron chi connectivity index (χ3n) is 3.19. The summed E-state index contributed by atoms with van der Waals surface area (Å²) in [5.74, 6) is 0.942. The molecule has 1 aromatic carbocycles. The molecule has 23 heavy (non-hydrogen) atoms. The van der Waals surface area contributed by atoms with Crippen LogP contribution in [-0.2, 0) is 14.8 Å². The Kier molecular flexibility index (Phi) is 7.31. The lowest BCUT2D eigenvalue weighted by atomic mass is 10.2. The van der Waals surface area contributed by atoms with Crippen LogP contribution in [-0.4, -0.2) is 47.4 Å². The lowest BCUT2D eigenvalue weighted by molar-refractivity contribution is -0.116. The van der Waals surface area contributed by atoms with E-state index >= 15 is 0 Å². The maximum absolute atomic E-state index is 11.9. The van der Waals surface area contributed by atoms with E-state index in [-0.39, 0.29) is 24.7 Å². The highest BCUT2D eigenvalue weighted by Gasteiger charge is 2.18. The summed E-state index contributed by atoms with van der Waals surface area (Å²) in [7, 11) is -0.270. The number of benzene rings is 1. The van der Waals surface area contributed by atoms with E-state index in [1.807, 2.05) is 0 Å². The van der Waals surface area contributed by atoms with Crippen molar-refractivity contribution in [3.05, 3.63) is 18.2 Å². The van der Waals surface area contributed by atoms with Crippen LogP contribution >= 0.6 is 0 Å². The maximum Gasteiger partial charge on any atom is 0.224 e. The second-order valence-electron chi connectivity index (χ2n) is 4.92. The summed E-state index contributed by atoms with van der Waals surface area (Å²) in [6.45, 7) is 3.53. The summed E-state index contributed by atoms with van der Waals surface area (Å²) < 4.78 is 36.3. The van der Waals surface area contributed by atoms with Crippen LogP contribution in [0.1, 0.15) is 20.3 Å². The zero-order chi connectivity index (χ0) is 17.5. The molecule has 1 N–H and O–H groups in total. The van der Waals surface area contributed by atoms with Crippen LogP contribution in [0.5, 0.6) is 11.5 Å². The standard InChI is InChI=1S/C15H24N2O5S/c1-5-10-23(19,20)16-8-9-17(12(2)18)14-11-13(21-3)6-7-15(14)22-4/h6-7,11,16H,5,8-10H2,1-4H3. The molecule has 0 saturated carbocycles. The van der Waals surface area contributed by atoms with Crippen LogP contribution in [0.25, 0.3) is 0 Å². The molecule has 0 unspecified atom stereocenters. The molecule has 0 spiro atoms. The van der Waals surface area contributed by atoms with Gasteiger partial charge in [-0.3, -0.25) is 4.79 Å². The number of ether oxygens (including phenoxy) is 2. The van der Waals surface area contributed by atoms with Gasteiger partial charge in [0.15, 0.2) is 0 Å². The molecule has 1 amide bonds. The Labute approximate surface area is 137 Å². The van der Waals surface area contributed by atoms with Gasteiger partial charge in [0.2, 0.25) is 15.9 Å². The van der Waals surface area contributed by atoms with Gasteiger partial charge in [0.25, 0.3) is 0 Å². The Bertz CT molecular complexity index is 631. The minimum atomic E-state index is -3.31. The van der Waals surface area contributed by atoms with Crippen LogP contribution in [0.2, 0.25) is 0 Å². The topological polar surface area (TPSA) is 84.9 Å². The number of hydrogen-bond donors (Lipinski definition) is 1. The highest BCUT2D eigenvalue weighted by Crippen LogP contribution is 2.32. The van der Waals surface area contributed by atoms with Crippen LogP contribution in [0.4, 0.5) is 5.69 Å². The fraction of sp³-hybridized carbons (Fsp3) is 0.533. The molecule has 0 aliphatic heterocycles. The number of anilines is 1. The molecule has 130 valence electrons. The van der Waals surface area contributed by atoms with Crippen molar-refractivity contribution in [2.75, 3.05) is 38.0 Å². The number of nitrogens with one attached hydrogen (secondary N) is 1. The molecule has 0 bridgehead atoms. The van der Waals surface area contributed by atoms with E-state index in [4.69, 9.17) is 9.47 Å². The van der Waals surface area contributed by atoms with E-state index in [1.165, 1.54) is 26.0 Å². The SMILES string of the molecule is CCCS(=O)(=O)NCCN(C(C)=O)c1cc(OC)ccc1OC. The van der Waals surface area contributed by atoms with Gasteiger partial charge in [-0.25, -0.2) is 13.1 Å². The highest BCUT2D eigenvalue weighted by molar-refractivity contribution is 7.89. The molecule has 0 heterocycles. The first-order valence-electron chi connectivity index (χ1n) is 7.32. The number of methoxy groups -OCH3 is 2. The first kappa shape index (κ1) is 19.2. The Morgan fingerprint density at radius 3 is 2.48 bits per heavy atom. The van der Waals surface area contributed by atoms with Gasteiger partial charge in [-0.2, -0.15) is 0 Å². The van der Waals surface area contributed by atoms with Crippen molar-refractivity contribution in [1.29, 1.82) is 0 Å². The van der Waals surface area contributed by atoms with E-state index in [2.05, 4.69) is 4.72 Å². The van der Waals surface area contributed by atoms with Crippen LogP contribution in [0, 0.1) is 0 Å². The van der Waals surface area contributed by atoms with Crippen molar-refractivity contribution < 1.29 is 22.7 Å². The summed E-state index contributed by atoms with van der Waals surface area (Å²) in [5, 5.41) is 0. The van der Waals surface area contributed by atoms with Crippen molar-refractivity contribution >= 4 is 21.6 Å². The van der Waals surface area contributed by atoms with Gasteiger partial charge >= 0.3 is 0 Å². The summed E-state index contributed by atoms with van der Waals surface area (Å²) in [5.41, 5.74) is 0.536. The first-order valence-corrected chi connectivity index (χ1v) is 8.97. The van der Waals surface area contributed by atoms with Crippen molar-refractivity contribution in [1.82, 2.24) is 4.72 Å². The smallest absolute Gasteiger partial charge is 0.224 e. The molecule has 0 fully saturated rings. The van der Waals surface area contributed by atoms with Crippen molar-refractivity contribution in [3.63, 3.8) is 0 Å². The normalized spacial score (nSPS) is 11.1. The number of carbonyl (C=O) groups is 1. The van der Waals surface area contributed by atoms with E-state index in [9.17, 15) is 13.2 Å². The minimum absolute atomic E-state index is 0.0650. The van der Waals surface area contributed by atoms with Gasteiger partial charge in [0.05, 0.1) is 25.7 Å². The van der Waals surface area contributed by atoms with Gasteiger partial charge in [-0.1, -0.05) is 6.92 Å². The average Bonchev–Trinajstić information content (AvgIpc) is 2.50. The summed E-state index contributed by atoms with van der Waals surface area (Å²) >= 11 is 0. The van der Waals surface area contributed by atoms with Crippen molar-refractivity contribution in [2.45, 2.75) is 20.3 Å². The quantitative estimate of drug-likeness (QED) is 0.732. The van der Waals surface area contributed by atoms with Crippen molar-refractivity contribution in [2.24, 2.45) is 0 Å². The monoisotopic (exact) mass is 344 g/mol. The number of hydrogen-bond acceptors (Lipinski definition) is 5. The fourth-order valence-electron chi connectivity index (χ4n) is 2.11. The second-order valence-corrected chi connectivity index (χ2v) is 6.85. The number of amides is 1. The predicted octanol–water partition coefficient (Wildman–Crippen LogP) is 1.39. The molecule has 0 saturated heterocycles. The molecule has 1 rings (SSSR count). The largest absolute Gasteiger partial charge is 0.497 e. The molecule has 0 radical (unpaired) electrons. The van der Waals surface area contributed by atoms with Crippen LogP contribution in [0.3, 0.4) is 0 Å². The second kappa shape index (κ2) is 8.73. The lowest BCUT2D eigenvalue weighted by Crippen LogP contribution is -2.38. The Hall–Kier alpha value is -1.80. The zero-order valence-electron chi connectivity index (χ0n) is 14.0. The van der Waals surface area contributed by atoms with E-state index in [0.29, 0.717) is 23.6 Å². The summed E-state index contributed by atoms with van der Waals surface area (Å²) in [6.07, 6.45) is 0.537. The van der Waals surface area contributed by atoms with E-state index < -0.39 is 10.0 Å². The fourth-order valence-corrected chi connectivity index (χ4v) is 3.19. The van der Waals surface area contributed by atoms with Gasteiger partial charge in [-0.05, 0) is 18.6 Å². The van der Waals surface area contributed by atoms with Gasteiger partial charge in [0, 0.05) is 26.1 Å². The highest BCUT2D eigenvalue weighted by atomic mass is 32.2. The first-order chi connectivity index (χ1) is 10.8. The molecular formula is C15H24N2O5S. The Morgan fingerprint density at radius 2 is 1.96 bits per heavy atom. The molecule has 0 aliphatic carbocycles. The third-order valence-corrected chi connectivity index (χ3v) is 4.78. The predicted molar refractivity (Wildman–Crippen MR) is 89.7 cm³/mol. The average molecular weight is 344 g/mol. The molecule has 0 aliphatic rings. The Morgan fingerprint density at radius 1 is 1.26 bits per heavy atom. The van der Waals surface area contributed by atoms with Crippen LogP contribution in [0.15, 0.2) is 18.2 Å². The third kappa shape index (κ3) is 5.72. The summed E-state index contributed by atoms with van der Waals surface area (Å²) in [4.78, 5) is 13.4. The molecule has 1 aromatic rings. The number of rotatable bonds is 9. The number of carbonyl (C=O) groups excluding carboxylic acids is 1. The molecule has 0 aromatic heterocycles. The molecule has 8 heteroatoms.